The summed E-state index contributed by atoms with van der Waals surface area (Å²) in [5.41, 5.74) is 4.02. The van der Waals surface area contributed by atoms with Crippen LogP contribution in [0.5, 0.6) is 0 Å². The number of benzene rings is 1. The van der Waals surface area contributed by atoms with Gasteiger partial charge in [-0.2, -0.15) is 5.10 Å². The molecule has 0 saturated heterocycles. The highest BCUT2D eigenvalue weighted by atomic mass is 15.1. The Bertz CT molecular complexity index is 382. The van der Waals surface area contributed by atoms with Gasteiger partial charge in [-0.3, -0.25) is 5.10 Å². The minimum atomic E-state index is 0. The predicted molar refractivity (Wildman–Crippen MR) is 57.0 cm³/mol. The zero-order chi connectivity index (χ0) is 9.26. The van der Waals surface area contributed by atoms with Crippen LogP contribution in [0.25, 0.3) is 10.9 Å². The van der Waals surface area contributed by atoms with Crippen LogP contribution in [0.1, 0.15) is 26.4 Å². The average molecular weight is 176 g/mol. The summed E-state index contributed by atoms with van der Waals surface area (Å²) in [5, 5.41) is 8.24. The molecule has 0 saturated carbocycles. The van der Waals surface area contributed by atoms with E-state index in [4.69, 9.17) is 0 Å². The maximum absolute atomic E-state index is 4.03. The van der Waals surface area contributed by atoms with E-state index in [1.807, 2.05) is 6.20 Å². The van der Waals surface area contributed by atoms with Gasteiger partial charge < -0.3 is 0 Å². The molecule has 0 aliphatic carbocycles. The van der Waals surface area contributed by atoms with Crippen LogP contribution >= 0.6 is 0 Å². The standard InChI is InChI=1S/C11H14N2.H2/c1-3-8-5-10-7-12-13-11(10)6-9(8)4-2;/h5-7H,3-4H2,1-2H3,(H,12,13);1H. The lowest BCUT2D eigenvalue weighted by atomic mass is 10.0. The van der Waals surface area contributed by atoms with Crippen molar-refractivity contribution in [3.05, 3.63) is 29.5 Å². The van der Waals surface area contributed by atoms with Gasteiger partial charge in [0.1, 0.15) is 0 Å². The number of aryl methyl sites for hydroxylation is 2. The van der Waals surface area contributed by atoms with Gasteiger partial charge in [0, 0.05) is 6.81 Å². The Morgan fingerprint density at radius 3 is 2.62 bits per heavy atom. The second-order valence-electron chi connectivity index (χ2n) is 3.29. The second kappa shape index (κ2) is 3.21. The molecule has 2 aromatic rings. The Hall–Kier alpha value is -1.31. The van der Waals surface area contributed by atoms with E-state index in [-0.39, 0.29) is 1.43 Å². The smallest absolute Gasteiger partial charge is 0.0653 e. The summed E-state index contributed by atoms with van der Waals surface area (Å²) in [6.45, 7) is 4.39. The molecule has 0 spiro atoms. The Kier molecular flexibility index (Phi) is 2.05. The van der Waals surface area contributed by atoms with Gasteiger partial charge in [-0.1, -0.05) is 13.8 Å². The Morgan fingerprint density at radius 2 is 1.92 bits per heavy atom. The van der Waals surface area contributed by atoms with Gasteiger partial charge in [-0.15, -0.1) is 0 Å². The number of aromatic nitrogens is 2. The van der Waals surface area contributed by atoms with Crippen molar-refractivity contribution in [2.45, 2.75) is 26.7 Å². The van der Waals surface area contributed by atoms with Crippen molar-refractivity contribution in [1.29, 1.82) is 0 Å². The minimum Gasteiger partial charge on any atom is -0.278 e. The van der Waals surface area contributed by atoms with Crippen LogP contribution in [0.15, 0.2) is 18.3 Å². The molecule has 2 rings (SSSR count). The second-order valence-corrected chi connectivity index (χ2v) is 3.29. The molecule has 0 aliphatic heterocycles. The summed E-state index contributed by atoms with van der Waals surface area (Å²) >= 11 is 0. The van der Waals surface area contributed by atoms with E-state index in [1.54, 1.807) is 0 Å². The fourth-order valence-corrected chi connectivity index (χ4v) is 1.74. The number of aromatic amines is 1. The van der Waals surface area contributed by atoms with E-state index in [0.717, 1.165) is 18.4 Å². The van der Waals surface area contributed by atoms with Crippen molar-refractivity contribution in [3.63, 3.8) is 0 Å². The van der Waals surface area contributed by atoms with Gasteiger partial charge in [-0.25, -0.2) is 0 Å². The molecule has 1 N–H and O–H groups in total. The molecule has 2 heteroatoms. The van der Waals surface area contributed by atoms with Crippen LogP contribution < -0.4 is 0 Å². The van der Waals surface area contributed by atoms with Crippen LogP contribution in [0.2, 0.25) is 0 Å². The predicted octanol–water partition coefficient (Wildman–Crippen LogP) is 2.93. The molecule has 1 aromatic carbocycles. The molecule has 2 nitrogen and oxygen atoms in total. The van der Waals surface area contributed by atoms with Crippen molar-refractivity contribution in [3.8, 4) is 0 Å². The summed E-state index contributed by atoms with van der Waals surface area (Å²) in [6, 6.07) is 4.44. The number of nitrogens with one attached hydrogen (secondary N) is 1. The summed E-state index contributed by atoms with van der Waals surface area (Å²) in [4.78, 5) is 0. The number of H-pyrrole nitrogens is 1. The van der Waals surface area contributed by atoms with Gasteiger partial charge in [0.2, 0.25) is 0 Å². The number of hydrogen-bond acceptors (Lipinski definition) is 1. The zero-order valence-corrected chi connectivity index (χ0v) is 8.09. The molecule has 0 bridgehead atoms. The largest absolute Gasteiger partial charge is 0.278 e. The maximum atomic E-state index is 4.03. The third kappa shape index (κ3) is 1.32. The SMILES string of the molecule is CCc1cc2cn[nH]c2cc1CC.[HH]. The van der Waals surface area contributed by atoms with Crippen LogP contribution in [-0.2, 0) is 12.8 Å². The summed E-state index contributed by atoms with van der Waals surface area (Å²) in [5.74, 6) is 0. The number of rotatable bonds is 2. The van der Waals surface area contributed by atoms with Gasteiger partial charge in [0.25, 0.3) is 0 Å². The number of hydrogen-bond donors (Lipinski definition) is 1. The fourth-order valence-electron chi connectivity index (χ4n) is 1.74. The Labute approximate surface area is 79.5 Å². The van der Waals surface area contributed by atoms with Crippen molar-refractivity contribution in [1.82, 2.24) is 10.2 Å². The minimum absolute atomic E-state index is 0. The molecule has 13 heavy (non-hydrogen) atoms. The normalized spacial score (nSPS) is 10.9. The molecule has 0 unspecified atom stereocenters. The molecule has 1 heterocycles. The maximum Gasteiger partial charge on any atom is 0.0653 e. The van der Waals surface area contributed by atoms with Gasteiger partial charge in [0.15, 0.2) is 0 Å². The fraction of sp³-hybridized carbons (Fsp3) is 0.364. The lowest BCUT2D eigenvalue weighted by molar-refractivity contribution is 1.04. The molecule has 0 atom stereocenters. The van der Waals surface area contributed by atoms with E-state index in [9.17, 15) is 0 Å². The number of fused-ring (bicyclic) bond motifs is 1. The van der Waals surface area contributed by atoms with Crippen LogP contribution in [0, 0.1) is 0 Å². The van der Waals surface area contributed by atoms with Crippen LogP contribution in [-0.4, -0.2) is 10.2 Å². The van der Waals surface area contributed by atoms with E-state index >= 15 is 0 Å². The first-order chi connectivity index (χ1) is 6.35. The van der Waals surface area contributed by atoms with E-state index in [1.165, 1.54) is 16.5 Å². The van der Waals surface area contributed by atoms with Gasteiger partial charge in [0.05, 0.1) is 11.7 Å². The first-order valence-corrected chi connectivity index (χ1v) is 4.80. The number of nitrogens with zero attached hydrogens (tertiary/aromatic N) is 1. The van der Waals surface area contributed by atoms with Crippen molar-refractivity contribution in [2.24, 2.45) is 0 Å². The monoisotopic (exact) mass is 176 g/mol. The first kappa shape index (κ1) is 8.30. The molecular weight excluding hydrogens is 160 g/mol. The lowest BCUT2D eigenvalue weighted by Crippen LogP contribution is -1.90. The van der Waals surface area contributed by atoms with Crippen LogP contribution in [0.4, 0.5) is 0 Å². The lowest BCUT2D eigenvalue weighted by Gasteiger charge is -2.04. The Balaban J connectivity index is 0.000000980. The van der Waals surface area contributed by atoms with Crippen molar-refractivity contribution in [2.75, 3.05) is 0 Å². The molecule has 1 aromatic heterocycles. The van der Waals surface area contributed by atoms with Gasteiger partial charge >= 0.3 is 0 Å². The summed E-state index contributed by atoms with van der Waals surface area (Å²) in [6.07, 6.45) is 4.08. The first-order valence-electron chi connectivity index (χ1n) is 4.80. The molecular formula is C11H16N2. The highest BCUT2D eigenvalue weighted by Gasteiger charge is 2.02. The third-order valence-electron chi connectivity index (χ3n) is 2.52. The molecule has 70 valence electrons. The molecule has 0 fully saturated rings. The highest BCUT2D eigenvalue weighted by molar-refractivity contribution is 5.79. The van der Waals surface area contributed by atoms with E-state index < -0.39 is 0 Å². The van der Waals surface area contributed by atoms with E-state index in [0.29, 0.717) is 0 Å². The summed E-state index contributed by atoms with van der Waals surface area (Å²) < 4.78 is 0. The van der Waals surface area contributed by atoms with Gasteiger partial charge in [-0.05, 0) is 36.1 Å². The average Bonchev–Trinajstić information content (AvgIpc) is 2.62. The quantitative estimate of drug-likeness (QED) is 0.748. The van der Waals surface area contributed by atoms with E-state index in [2.05, 4.69) is 36.2 Å². The highest BCUT2D eigenvalue weighted by Crippen LogP contribution is 2.18. The molecule has 0 radical (unpaired) electrons. The van der Waals surface area contributed by atoms with Crippen molar-refractivity contribution < 1.29 is 1.43 Å². The molecule has 0 aliphatic rings. The Morgan fingerprint density at radius 1 is 1.23 bits per heavy atom. The van der Waals surface area contributed by atoms with Crippen LogP contribution in [0.3, 0.4) is 0 Å². The topological polar surface area (TPSA) is 28.7 Å². The third-order valence-corrected chi connectivity index (χ3v) is 2.52. The molecule has 0 amide bonds. The zero-order valence-electron chi connectivity index (χ0n) is 8.09. The summed E-state index contributed by atoms with van der Waals surface area (Å²) in [7, 11) is 0. The van der Waals surface area contributed by atoms with Crippen molar-refractivity contribution >= 4 is 10.9 Å².